The minimum absolute atomic E-state index is 0.261. The summed E-state index contributed by atoms with van der Waals surface area (Å²) in [7, 11) is 0. The van der Waals surface area contributed by atoms with Crippen molar-refractivity contribution in [2.45, 2.75) is 0 Å². The average molecular weight is 298 g/mol. The van der Waals surface area contributed by atoms with Gasteiger partial charge in [0.1, 0.15) is 4.88 Å². The maximum atomic E-state index is 11.8. The van der Waals surface area contributed by atoms with Crippen LogP contribution in [0, 0.1) is 11.8 Å². The smallest absolute Gasteiger partial charge is 0.269 e. The lowest BCUT2D eigenvalue weighted by Gasteiger charge is -1.98. The van der Waals surface area contributed by atoms with Gasteiger partial charge in [0.25, 0.3) is 5.91 Å². The van der Waals surface area contributed by atoms with E-state index in [1.54, 1.807) is 17.6 Å². The molecule has 0 aliphatic carbocycles. The van der Waals surface area contributed by atoms with E-state index in [-0.39, 0.29) is 5.91 Å². The second-order valence-corrected chi connectivity index (χ2v) is 5.44. The number of nitrogens with one attached hydrogen (secondary N) is 1. The van der Waals surface area contributed by atoms with Gasteiger partial charge in [0.2, 0.25) is 0 Å². The van der Waals surface area contributed by atoms with Crippen LogP contribution in [0.1, 0.15) is 14.5 Å². The number of carbonyl (C=O) groups excluding carboxylic acids is 1. The van der Waals surface area contributed by atoms with Crippen molar-refractivity contribution in [3.8, 4) is 11.8 Å². The Morgan fingerprint density at radius 1 is 1.61 bits per heavy atom. The number of carbonyl (C=O) groups is 1. The van der Waals surface area contributed by atoms with Crippen molar-refractivity contribution in [2.24, 2.45) is 5.73 Å². The van der Waals surface area contributed by atoms with E-state index in [0.29, 0.717) is 21.6 Å². The van der Waals surface area contributed by atoms with Gasteiger partial charge in [0.15, 0.2) is 5.13 Å². The van der Waals surface area contributed by atoms with Crippen LogP contribution in [-0.2, 0) is 0 Å². The molecule has 0 atom stereocenters. The summed E-state index contributed by atoms with van der Waals surface area (Å²) < 4.78 is 0. The topological polar surface area (TPSA) is 68.0 Å². The zero-order valence-electron chi connectivity index (χ0n) is 9.07. The average Bonchev–Trinajstić information content (AvgIpc) is 2.95. The summed E-state index contributed by atoms with van der Waals surface area (Å²) in [4.78, 5) is 17.1. The van der Waals surface area contributed by atoms with Gasteiger partial charge in [-0.1, -0.05) is 34.8 Å². The zero-order chi connectivity index (χ0) is 13.0. The van der Waals surface area contributed by atoms with Crippen LogP contribution in [0.4, 0.5) is 5.13 Å². The van der Waals surface area contributed by atoms with Gasteiger partial charge >= 0.3 is 0 Å². The molecule has 0 saturated heterocycles. The predicted octanol–water partition coefficient (Wildman–Crippen LogP) is 2.42. The molecule has 0 aliphatic heterocycles. The number of nitrogens with two attached hydrogens (primary N) is 1. The lowest BCUT2D eigenvalue weighted by molar-refractivity contribution is 0.103. The molecule has 92 valence electrons. The van der Waals surface area contributed by atoms with Crippen molar-refractivity contribution >= 4 is 45.3 Å². The zero-order valence-corrected chi connectivity index (χ0v) is 11.5. The van der Waals surface area contributed by atoms with E-state index in [4.69, 9.17) is 17.3 Å². The quantitative estimate of drug-likeness (QED) is 0.837. The Labute approximate surface area is 117 Å². The molecule has 0 radical (unpaired) electrons. The van der Waals surface area contributed by atoms with Crippen molar-refractivity contribution in [1.29, 1.82) is 0 Å². The summed E-state index contributed by atoms with van der Waals surface area (Å²) in [6, 6.07) is 1.68. The number of amides is 1. The lowest BCUT2D eigenvalue weighted by Crippen LogP contribution is -2.10. The van der Waals surface area contributed by atoms with E-state index in [0.717, 1.165) is 4.88 Å². The number of halogens is 1. The molecule has 2 heterocycles. The highest BCUT2D eigenvalue weighted by Gasteiger charge is 2.13. The highest BCUT2D eigenvalue weighted by Crippen LogP contribution is 2.24. The van der Waals surface area contributed by atoms with Crippen molar-refractivity contribution in [3.05, 3.63) is 32.4 Å². The first-order valence-electron chi connectivity index (χ1n) is 4.90. The Hall–Kier alpha value is -1.39. The highest BCUT2D eigenvalue weighted by atomic mass is 35.5. The van der Waals surface area contributed by atoms with Crippen LogP contribution in [0.5, 0.6) is 0 Å². The van der Waals surface area contributed by atoms with Gasteiger partial charge < -0.3 is 5.73 Å². The summed E-state index contributed by atoms with van der Waals surface area (Å²) in [6.45, 7) is 0.296. The molecule has 0 aliphatic rings. The first kappa shape index (κ1) is 13.1. The molecular formula is C11H8ClN3OS2. The van der Waals surface area contributed by atoms with Crippen molar-refractivity contribution in [3.63, 3.8) is 0 Å². The number of thiophene rings is 1. The van der Waals surface area contributed by atoms with E-state index >= 15 is 0 Å². The first-order chi connectivity index (χ1) is 8.70. The molecule has 0 bridgehead atoms. The fourth-order valence-electron chi connectivity index (χ4n) is 1.14. The Morgan fingerprint density at radius 2 is 2.44 bits per heavy atom. The molecule has 0 spiro atoms. The van der Waals surface area contributed by atoms with Gasteiger partial charge in [0, 0.05) is 0 Å². The molecule has 0 aromatic carbocycles. The molecule has 4 nitrogen and oxygen atoms in total. The third-order valence-electron chi connectivity index (χ3n) is 1.86. The summed E-state index contributed by atoms with van der Waals surface area (Å²) in [5, 5.41) is 5.37. The molecule has 1 amide bonds. The lowest BCUT2D eigenvalue weighted by atomic mass is 10.4. The first-order valence-corrected chi connectivity index (χ1v) is 6.97. The van der Waals surface area contributed by atoms with Gasteiger partial charge in [-0.15, -0.1) is 11.3 Å². The second kappa shape index (κ2) is 5.98. The number of hydrogen-bond donors (Lipinski definition) is 2. The predicted molar refractivity (Wildman–Crippen MR) is 75.3 cm³/mol. The maximum Gasteiger partial charge on any atom is 0.269 e. The fraction of sp³-hybridized carbons (Fsp3) is 0.0909. The van der Waals surface area contributed by atoms with Crippen LogP contribution in [0.15, 0.2) is 17.6 Å². The third-order valence-corrected chi connectivity index (χ3v) is 4.03. The molecule has 7 heteroatoms. The number of rotatable bonds is 2. The van der Waals surface area contributed by atoms with Crippen LogP contribution in [0.3, 0.4) is 0 Å². The van der Waals surface area contributed by atoms with E-state index < -0.39 is 0 Å². The fourth-order valence-corrected chi connectivity index (χ4v) is 2.86. The van der Waals surface area contributed by atoms with E-state index in [9.17, 15) is 4.79 Å². The number of aromatic nitrogens is 1. The molecule has 3 N–H and O–H groups in total. The van der Waals surface area contributed by atoms with Gasteiger partial charge in [-0.05, 0) is 11.4 Å². The Bertz CT molecular complexity index is 624. The van der Waals surface area contributed by atoms with Crippen LogP contribution >= 0.6 is 34.3 Å². The van der Waals surface area contributed by atoms with Gasteiger partial charge in [-0.3, -0.25) is 10.1 Å². The molecule has 2 rings (SSSR count). The number of anilines is 1. The molecule has 18 heavy (non-hydrogen) atoms. The Kier molecular flexibility index (Phi) is 4.33. The van der Waals surface area contributed by atoms with Crippen molar-refractivity contribution < 1.29 is 4.79 Å². The summed E-state index contributed by atoms with van der Waals surface area (Å²) in [5.74, 6) is 5.31. The van der Waals surface area contributed by atoms with E-state index in [1.165, 1.54) is 22.7 Å². The van der Waals surface area contributed by atoms with Crippen LogP contribution in [-0.4, -0.2) is 17.4 Å². The van der Waals surface area contributed by atoms with Gasteiger partial charge in [0.05, 0.1) is 22.6 Å². The molecule has 2 aromatic rings. The molecule has 0 saturated carbocycles. The minimum Gasteiger partial charge on any atom is -0.320 e. The summed E-state index contributed by atoms with van der Waals surface area (Å²) in [5.41, 5.74) is 5.27. The monoisotopic (exact) mass is 297 g/mol. The van der Waals surface area contributed by atoms with E-state index in [1.807, 2.05) is 0 Å². The van der Waals surface area contributed by atoms with Crippen LogP contribution in [0.25, 0.3) is 0 Å². The molecule has 0 unspecified atom stereocenters. The standard InChI is InChI=1S/C11H8ClN3OS2/c12-8-3-5-17-9(8)10(16)15-11-14-6-7(18-11)2-1-4-13/h3,5-6H,4,13H2,(H,14,15,16). The highest BCUT2D eigenvalue weighted by molar-refractivity contribution is 7.16. The molecule has 2 aromatic heterocycles. The maximum absolute atomic E-state index is 11.8. The van der Waals surface area contributed by atoms with Crippen molar-refractivity contribution in [1.82, 2.24) is 4.98 Å². The number of thiazole rings is 1. The van der Waals surface area contributed by atoms with Crippen LogP contribution < -0.4 is 11.1 Å². The normalized spacial score (nSPS) is 9.67. The Balaban J connectivity index is 2.08. The van der Waals surface area contributed by atoms with Crippen molar-refractivity contribution in [2.75, 3.05) is 11.9 Å². The number of nitrogens with zero attached hydrogens (tertiary/aromatic N) is 1. The Morgan fingerprint density at radius 3 is 3.11 bits per heavy atom. The van der Waals surface area contributed by atoms with Gasteiger partial charge in [-0.25, -0.2) is 4.98 Å². The SMILES string of the molecule is NCC#Cc1cnc(NC(=O)c2sccc2Cl)s1. The number of hydrogen-bond acceptors (Lipinski definition) is 5. The van der Waals surface area contributed by atoms with Gasteiger partial charge in [-0.2, -0.15) is 0 Å². The van der Waals surface area contributed by atoms with E-state index in [2.05, 4.69) is 22.1 Å². The molecular weight excluding hydrogens is 290 g/mol. The van der Waals surface area contributed by atoms with Crippen LogP contribution in [0.2, 0.25) is 5.02 Å². The second-order valence-electron chi connectivity index (χ2n) is 3.09. The summed E-state index contributed by atoms with van der Waals surface area (Å²) >= 11 is 8.45. The summed E-state index contributed by atoms with van der Waals surface area (Å²) in [6.07, 6.45) is 1.60. The largest absolute Gasteiger partial charge is 0.320 e. The molecule has 0 fully saturated rings. The third kappa shape index (κ3) is 3.09. The minimum atomic E-state index is -0.261.